The lowest BCUT2D eigenvalue weighted by atomic mass is 10.1. The van der Waals surface area contributed by atoms with Crippen molar-refractivity contribution >= 4 is 17.7 Å². The molecule has 3 heterocycles. The molecule has 1 amide bonds. The summed E-state index contributed by atoms with van der Waals surface area (Å²) in [5.41, 5.74) is 0. The molecule has 2 aliphatic rings. The van der Waals surface area contributed by atoms with Crippen LogP contribution in [-0.2, 0) is 4.74 Å². The van der Waals surface area contributed by atoms with E-state index in [2.05, 4.69) is 20.6 Å². The van der Waals surface area contributed by atoms with Gasteiger partial charge in [0.2, 0.25) is 0 Å². The van der Waals surface area contributed by atoms with Gasteiger partial charge >= 0.3 is 0 Å². The van der Waals surface area contributed by atoms with Gasteiger partial charge in [0.05, 0.1) is 6.10 Å². The van der Waals surface area contributed by atoms with Crippen LogP contribution in [0.4, 0.5) is 0 Å². The Kier molecular flexibility index (Phi) is 3.97. The number of amides is 1. The number of nitrogens with one attached hydrogen (secondary N) is 1. The monoisotopic (exact) mass is 283 g/mol. The summed E-state index contributed by atoms with van der Waals surface area (Å²) in [6, 6.07) is 0.264. The third-order valence-electron chi connectivity index (χ3n) is 3.57. The molecule has 0 spiro atoms. The van der Waals surface area contributed by atoms with Crippen LogP contribution in [0.1, 0.15) is 29.9 Å². The van der Waals surface area contributed by atoms with Crippen molar-refractivity contribution in [3.8, 4) is 0 Å². The zero-order valence-corrected chi connectivity index (χ0v) is 11.4. The number of H-pyrrole nitrogens is 1. The van der Waals surface area contributed by atoms with Crippen LogP contribution in [-0.4, -0.2) is 68.2 Å². The van der Waals surface area contributed by atoms with Crippen LogP contribution in [0.2, 0.25) is 0 Å². The predicted octanol–water partition coefficient (Wildman–Crippen LogP) is 0.326. The van der Waals surface area contributed by atoms with E-state index in [-0.39, 0.29) is 23.9 Å². The van der Waals surface area contributed by atoms with Gasteiger partial charge in [0.15, 0.2) is 0 Å². The summed E-state index contributed by atoms with van der Waals surface area (Å²) in [6.45, 7) is 1.44. The van der Waals surface area contributed by atoms with Crippen molar-refractivity contribution in [2.75, 3.05) is 24.7 Å². The molecule has 3 rings (SSSR count). The normalized spacial score (nSPS) is 26.7. The number of nitrogens with zero attached hydrogens (tertiary/aromatic N) is 4. The molecule has 1 aromatic heterocycles. The van der Waals surface area contributed by atoms with Crippen molar-refractivity contribution in [2.45, 2.75) is 31.4 Å². The lowest BCUT2D eigenvalue weighted by Crippen LogP contribution is -2.45. The zero-order chi connectivity index (χ0) is 13.1. The first kappa shape index (κ1) is 12.9. The minimum absolute atomic E-state index is 0.142. The summed E-state index contributed by atoms with van der Waals surface area (Å²) in [7, 11) is 0. The summed E-state index contributed by atoms with van der Waals surface area (Å²) in [5.74, 6) is 2.09. The predicted molar refractivity (Wildman–Crippen MR) is 69.9 cm³/mol. The summed E-state index contributed by atoms with van der Waals surface area (Å²) in [6.07, 6.45) is 3.28. The Hall–Kier alpha value is -1.15. The fourth-order valence-corrected chi connectivity index (χ4v) is 3.78. The average molecular weight is 283 g/mol. The topological polar surface area (TPSA) is 84.0 Å². The number of ether oxygens (including phenoxy) is 1. The van der Waals surface area contributed by atoms with Gasteiger partial charge in [-0.3, -0.25) is 4.79 Å². The van der Waals surface area contributed by atoms with Crippen molar-refractivity contribution in [3.05, 3.63) is 5.82 Å². The number of carbonyl (C=O) groups excluding carboxylic acids is 1. The summed E-state index contributed by atoms with van der Waals surface area (Å²) in [5, 5.41) is 13.4. The van der Waals surface area contributed by atoms with Crippen LogP contribution in [0.25, 0.3) is 0 Å². The van der Waals surface area contributed by atoms with Crippen LogP contribution in [0.5, 0.6) is 0 Å². The third kappa shape index (κ3) is 2.89. The van der Waals surface area contributed by atoms with E-state index in [1.54, 1.807) is 0 Å². The molecule has 1 aromatic rings. The molecule has 0 bridgehead atoms. The van der Waals surface area contributed by atoms with Gasteiger partial charge in [0.1, 0.15) is 0 Å². The summed E-state index contributed by atoms with van der Waals surface area (Å²) in [4.78, 5) is 14.3. The first-order chi connectivity index (χ1) is 9.34. The molecule has 7 nitrogen and oxygen atoms in total. The molecule has 104 valence electrons. The number of aromatic amines is 1. The van der Waals surface area contributed by atoms with Crippen molar-refractivity contribution in [2.24, 2.45) is 0 Å². The van der Waals surface area contributed by atoms with E-state index < -0.39 is 0 Å². The lowest BCUT2D eigenvalue weighted by molar-refractivity contribution is 0.0432. The Balaban J connectivity index is 1.72. The van der Waals surface area contributed by atoms with Crippen molar-refractivity contribution in [1.29, 1.82) is 0 Å². The third-order valence-corrected chi connectivity index (χ3v) is 4.71. The zero-order valence-electron chi connectivity index (χ0n) is 10.6. The molecular formula is C11H17N5O2S. The van der Waals surface area contributed by atoms with Crippen molar-refractivity contribution in [1.82, 2.24) is 25.5 Å². The maximum Gasteiger partial charge on any atom is 0.295 e. The molecule has 2 atom stereocenters. The van der Waals surface area contributed by atoms with Gasteiger partial charge in [0, 0.05) is 24.9 Å². The molecule has 2 unspecified atom stereocenters. The van der Waals surface area contributed by atoms with Crippen molar-refractivity contribution in [3.63, 3.8) is 0 Å². The number of carbonyl (C=O) groups is 1. The molecule has 8 heteroatoms. The number of hydrogen-bond acceptors (Lipinski definition) is 6. The molecule has 2 aliphatic heterocycles. The van der Waals surface area contributed by atoms with Gasteiger partial charge in [-0.2, -0.15) is 17.0 Å². The Morgan fingerprint density at radius 2 is 2.47 bits per heavy atom. The average Bonchev–Trinajstić information content (AvgIpc) is 3.15. The Bertz CT molecular complexity index is 415. The molecule has 0 radical (unpaired) electrons. The summed E-state index contributed by atoms with van der Waals surface area (Å²) >= 11 is 1.88. The molecule has 0 aromatic carbocycles. The molecule has 2 fully saturated rings. The maximum atomic E-state index is 12.5. The number of hydrogen-bond donors (Lipinski definition) is 1. The van der Waals surface area contributed by atoms with Gasteiger partial charge in [-0.15, -0.1) is 10.2 Å². The second-order valence-corrected chi connectivity index (χ2v) is 6.00. The van der Waals surface area contributed by atoms with Crippen molar-refractivity contribution < 1.29 is 9.53 Å². The standard InChI is InChI=1S/C11H17N5O2S/c17-11(10-12-14-15-13-10)16(8-3-5-19-7-8)6-9-2-1-4-18-9/h8-9H,1-7H2,(H,12,13,14,15). The van der Waals surface area contributed by atoms with E-state index in [1.165, 1.54) is 0 Å². The van der Waals surface area contributed by atoms with E-state index in [0.29, 0.717) is 6.54 Å². The quantitative estimate of drug-likeness (QED) is 0.857. The van der Waals surface area contributed by atoms with Crippen LogP contribution < -0.4 is 0 Å². The highest BCUT2D eigenvalue weighted by Crippen LogP contribution is 2.25. The van der Waals surface area contributed by atoms with Gasteiger partial charge in [0.25, 0.3) is 11.7 Å². The SMILES string of the molecule is O=C(c1nn[nH]n1)N(CC1CCCO1)C1CCSC1. The van der Waals surface area contributed by atoms with Crippen LogP contribution >= 0.6 is 11.8 Å². The van der Waals surface area contributed by atoms with Gasteiger partial charge in [-0.1, -0.05) is 0 Å². The number of tetrazole rings is 1. The van der Waals surface area contributed by atoms with Gasteiger partial charge in [-0.05, 0) is 30.2 Å². The fraction of sp³-hybridized carbons (Fsp3) is 0.818. The minimum Gasteiger partial charge on any atom is -0.376 e. The molecule has 1 N–H and O–H groups in total. The smallest absolute Gasteiger partial charge is 0.295 e. The molecule has 19 heavy (non-hydrogen) atoms. The first-order valence-electron chi connectivity index (χ1n) is 6.58. The van der Waals surface area contributed by atoms with E-state index in [4.69, 9.17) is 4.74 Å². The van der Waals surface area contributed by atoms with Crippen LogP contribution in [0.15, 0.2) is 0 Å². The highest BCUT2D eigenvalue weighted by Gasteiger charge is 2.32. The number of rotatable bonds is 4. The van der Waals surface area contributed by atoms with Crippen LogP contribution in [0, 0.1) is 0 Å². The summed E-state index contributed by atoms with van der Waals surface area (Å²) < 4.78 is 5.65. The highest BCUT2D eigenvalue weighted by atomic mass is 32.2. The minimum atomic E-state index is -0.142. The van der Waals surface area contributed by atoms with Gasteiger partial charge < -0.3 is 9.64 Å². The largest absolute Gasteiger partial charge is 0.376 e. The van der Waals surface area contributed by atoms with Gasteiger partial charge in [-0.25, -0.2) is 0 Å². The molecule has 0 saturated carbocycles. The second kappa shape index (κ2) is 5.87. The Morgan fingerprint density at radius 3 is 3.11 bits per heavy atom. The van der Waals surface area contributed by atoms with E-state index in [0.717, 1.165) is 37.4 Å². The molecule has 0 aliphatic carbocycles. The molecule has 2 saturated heterocycles. The first-order valence-corrected chi connectivity index (χ1v) is 7.74. The van der Waals surface area contributed by atoms with E-state index >= 15 is 0 Å². The number of thioether (sulfide) groups is 1. The van der Waals surface area contributed by atoms with E-state index in [1.807, 2.05) is 16.7 Å². The lowest BCUT2D eigenvalue weighted by Gasteiger charge is -2.29. The van der Waals surface area contributed by atoms with Crippen LogP contribution in [0.3, 0.4) is 0 Å². The fourth-order valence-electron chi connectivity index (χ4n) is 2.55. The maximum absolute atomic E-state index is 12.5. The second-order valence-electron chi connectivity index (χ2n) is 4.85. The highest BCUT2D eigenvalue weighted by molar-refractivity contribution is 7.99. The number of aromatic nitrogens is 4. The Labute approximate surface area is 115 Å². The van der Waals surface area contributed by atoms with E-state index in [9.17, 15) is 4.79 Å². The molecular weight excluding hydrogens is 266 g/mol. The Morgan fingerprint density at radius 1 is 1.53 bits per heavy atom.